The van der Waals surface area contributed by atoms with Gasteiger partial charge in [0.25, 0.3) is 15.9 Å². The average Bonchev–Trinajstić information content (AvgIpc) is 2.64. The van der Waals surface area contributed by atoms with E-state index < -0.39 is 10.0 Å². The number of halogens is 2. The van der Waals surface area contributed by atoms with Crippen molar-refractivity contribution in [2.45, 2.75) is 18.4 Å². The van der Waals surface area contributed by atoms with Crippen LogP contribution in [0.25, 0.3) is 0 Å². The van der Waals surface area contributed by atoms with Crippen molar-refractivity contribution in [3.8, 4) is 5.88 Å². The maximum atomic E-state index is 12.6. The maximum Gasteiger partial charge on any atom is 0.263 e. The maximum absolute atomic E-state index is 12.6. The topological polar surface area (TPSA) is 81.2 Å². The number of nitrogens with zero attached hydrogens (tertiary/aromatic N) is 2. The summed E-state index contributed by atoms with van der Waals surface area (Å²) in [5, 5.41) is 0.837. The molecule has 27 heavy (non-hydrogen) atoms. The molecular formula is C18H15Cl2N3O3S. The summed E-state index contributed by atoms with van der Waals surface area (Å²) in [7, 11) is -3.82. The molecule has 0 aliphatic rings. The van der Waals surface area contributed by atoms with Gasteiger partial charge in [0.15, 0.2) is 0 Å². The van der Waals surface area contributed by atoms with Crippen molar-refractivity contribution in [3.05, 3.63) is 76.0 Å². The summed E-state index contributed by atoms with van der Waals surface area (Å²) in [5.74, 6) is 0.0531. The average molecular weight is 424 g/mol. The molecule has 2 aromatic carbocycles. The molecule has 0 atom stereocenters. The van der Waals surface area contributed by atoms with Crippen molar-refractivity contribution in [1.29, 1.82) is 0 Å². The van der Waals surface area contributed by atoms with Crippen LogP contribution in [0.4, 0.5) is 5.82 Å². The van der Waals surface area contributed by atoms with Crippen molar-refractivity contribution < 1.29 is 13.2 Å². The lowest BCUT2D eigenvalue weighted by atomic mass is 10.2. The van der Waals surface area contributed by atoms with E-state index in [1.54, 1.807) is 30.3 Å². The Bertz CT molecular complexity index is 1060. The van der Waals surface area contributed by atoms with Crippen LogP contribution >= 0.6 is 23.2 Å². The summed E-state index contributed by atoms with van der Waals surface area (Å²) in [6.07, 6.45) is 2.78. The van der Waals surface area contributed by atoms with Gasteiger partial charge in [-0.25, -0.2) is 18.4 Å². The zero-order valence-electron chi connectivity index (χ0n) is 14.2. The predicted octanol–water partition coefficient (Wildman–Crippen LogP) is 4.47. The van der Waals surface area contributed by atoms with E-state index in [1.165, 1.54) is 24.5 Å². The Kier molecular flexibility index (Phi) is 5.84. The van der Waals surface area contributed by atoms with Crippen molar-refractivity contribution in [2.24, 2.45) is 0 Å². The molecule has 0 fully saturated rings. The number of rotatable bonds is 6. The predicted molar refractivity (Wildman–Crippen MR) is 105 cm³/mol. The monoisotopic (exact) mass is 423 g/mol. The summed E-state index contributed by atoms with van der Waals surface area (Å²) in [4.78, 5) is 8.20. The second-order valence-electron chi connectivity index (χ2n) is 5.67. The minimum absolute atomic E-state index is 0.00173. The molecule has 1 heterocycles. The van der Waals surface area contributed by atoms with Crippen molar-refractivity contribution in [3.63, 3.8) is 0 Å². The molecule has 1 aromatic heterocycles. The van der Waals surface area contributed by atoms with Crippen LogP contribution < -0.4 is 9.46 Å². The fourth-order valence-corrected chi connectivity index (χ4v) is 3.51. The number of hydrogen-bond donors (Lipinski definition) is 1. The Morgan fingerprint density at radius 3 is 2.41 bits per heavy atom. The van der Waals surface area contributed by atoms with Crippen LogP contribution in [0, 0.1) is 6.92 Å². The highest BCUT2D eigenvalue weighted by atomic mass is 35.5. The zero-order valence-corrected chi connectivity index (χ0v) is 16.5. The van der Waals surface area contributed by atoms with Gasteiger partial charge in [0.05, 0.1) is 14.9 Å². The number of benzene rings is 2. The van der Waals surface area contributed by atoms with E-state index >= 15 is 0 Å². The van der Waals surface area contributed by atoms with Crippen LogP contribution in [0.1, 0.15) is 11.1 Å². The Morgan fingerprint density at radius 2 is 1.70 bits per heavy atom. The zero-order chi connectivity index (χ0) is 19.4. The molecule has 0 unspecified atom stereocenters. The fourth-order valence-electron chi connectivity index (χ4n) is 2.19. The molecule has 3 rings (SSSR count). The highest BCUT2D eigenvalue weighted by Gasteiger charge is 2.18. The van der Waals surface area contributed by atoms with Crippen LogP contribution in [0.3, 0.4) is 0 Å². The number of aromatic nitrogens is 2. The third-order valence-electron chi connectivity index (χ3n) is 3.59. The molecule has 6 nitrogen and oxygen atoms in total. The van der Waals surface area contributed by atoms with E-state index in [0.717, 1.165) is 11.1 Å². The quantitative estimate of drug-likeness (QED) is 0.632. The van der Waals surface area contributed by atoms with Gasteiger partial charge >= 0.3 is 0 Å². The highest BCUT2D eigenvalue weighted by molar-refractivity contribution is 7.92. The molecule has 0 radical (unpaired) electrons. The first-order chi connectivity index (χ1) is 12.8. The lowest BCUT2D eigenvalue weighted by Gasteiger charge is -2.12. The molecule has 140 valence electrons. The first-order valence-corrected chi connectivity index (χ1v) is 10.1. The second-order valence-corrected chi connectivity index (χ2v) is 8.16. The molecule has 0 aliphatic carbocycles. The van der Waals surface area contributed by atoms with E-state index in [9.17, 15) is 8.42 Å². The molecule has 1 N–H and O–H groups in total. The molecule has 0 spiro atoms. The van der Waals surface area contributed by atoms with Crippen molar-refractivity contribution in [2.75, 3.05) is 4.72 Å². The molecule has 0 saturated heterocycles. The number of ether oxygens (including phenoxy) is 1. The van der Waals surface area contributed by atoms with Crippen molar-refractivity contribution >= 4 is 39.0 Å². The lowest BCUT2D eigenvalue weighted by Crippen LogP contribution is -2.15. The number of anilines is 1. The fraction of sp³-hybridized carbons (Fsp3) is 0.111. The van der Waals surface area contributed by atoms with Crippen LogP contribution in [0.15, 0.2) is 59.8 Å². The van der Waals surface area contributed by atoms with E-state index in [1.807, 2.05) is 6.92 Å². The van der Waals surface area contributed by atoms with Gasteiger partial charge in [-0.05, 0) is 36.8 Å². The highest BCUT2D eigenvalue weighted by Crippen LogP contribution is 2.25. The molecule has 0 aliphatic heterocycles. The number of sulfonamides is 1. The SMILES string of the molecule is Cc1ccc(S(=O)(=O)Nc2nccnc2OCc2ccc(Cl)c(Cl)c2)cc1. The third kappa shape index (κ3) is 4.88. The van der Waals surface area contributed by atoms with Crippen LogP contribution in [0.5, 0.6) is 5.88 Å². The number of hydrogen-bond acceptors (Lipinski definition) is 5. The Morgan fingerprint density at radius 1 is 1.00 bits per heavy atom. The molecular weight excluding hydrogens is 409 g/mol. The minimum atomic E-state index is -3.82. The van der Waals surface area contributed by atoms with Gasteiger partial charge in [0.2, 0.25) is 5.82 Å². The van der Waals surface area contributed by atoms with Crippen LogP contribution in [-0.2, 0) is 16.6 Å². The summed E-state index contributed by atoms with van der Waals surface area (Å²) in [6.45, 7) is 2.00. The molecule has 3 aromatic rings. The molecule has 0 saturated carbocycles. The normalized spacial score (nSPS) is 11.2. The smallest absolute Gasteiger partial charge is 0.263 e. The Hall–Kier alpha value is -2.35. The summed E-state index contributed by atoms with van der Waals surface area (Å²) in [6, 6.07) is 11.5. The van der Waals surface area contributed by atoms with Gasteiger partial charge in [-0.3, -0.25) is 4.72 Å². The first kappa shape index (κ1) is 19.4. The standard InChI is InChI=1S/C18H15Cl2N3O3S/c1-12-2-5-14(6-3-12)27(24,25)23-17-18(22-9-8-21-17)26-11-13-4-7-15(19)16(20)10-13/h2-10H,11H2,1H3,(H,21,23). The molecule has 0 amide bonds. The van der Waals surface area contributed by atoms with Gasteiger partial charge in [0.1, 0.15) is 6.61 Å². The molecule has 9 heteroatoms. The number of aryl methyl sites for hydroxylation is 1. The Labute approximate surface area is 167 Å². The second kappa shape index (κ2) is 8.12. The summed E-state index contributed by atoms with van der Waals surface area (Å²) < 4.78 is 33.1. The van der Waals surface area contributed by atoms with Gasteiger partial charge in [-0.2, -0.15) is 0 Å². The van der Waals surface area contributed by atoms with E-state index in [4.69, 9.17) is 27.9 Å². The van der Waals surface area contributed by atoms with E-state index in [-0.39, 0.29) is 23.2 Å². The Balaban J connectivity index is 1.79. The van der Waals surface area contributed by atoms with Gasteiger partial charge in [0, 0.05) is 12.4 Å². The van der Waals surface area contributed by atoms with Gasteiger partial charge in [-0.1, -0.05) is 47.0 Å². The number of nitrogens with one attached hydrogen (secondary N) is 1. The lowest BCUT2D eigenvalue weighted by molar-refractivity contribution is 0.294. The van der Waals surface area contributed by atoms with Gasteiger partial charge < -0.3 is 4.74 Å². The van der Waals surface area contributed by atoms with E-state index in [2.05, 4.69) is 14.7 Å². The molecule has 0 bridgehead atoms. The summed E-state index contributed by atoms with van der Waals surface area (Å²) in [5.41, 5.74) is 1.71. The summed E-state index contributed by atoms with van der Waals surface area (Å²) >= 11 is 11.9. The van der Waals surface area contributed by atoms with Gasteiger partial charge in [-0.15, -0.1) is 0 Å². The van der Waals surface area contributed by atoms with Crippen LogP contribution in [-0.4, -0.2) is 18.4 Å². The first-order valence-electron chi connectivity index (χ1n) is 7.82. The third-order valence-corrected chi connectivity index (χ3v) is 5.68. The van der Waals surface area contributed by atoms with E-state index in [0.29, 0.717) is 10.0 Å². The van der Waals surface area contributed by atoms with Crippen molar-refractivity contribution in [1.82, 2.24) is 9.97 Å². The minimum Gasteiger partial charge on any atom is -0.470 e. The largest absolute Gasteiger partial charge is 0.470 e. The van der Waals surface area contributed by atoms with Crippen LogP contribution in [0.2, 0.25) is 10.0 Å².